The summed E-state index contributed by atoms with van der Waals surface area (Å²) in [5, 5.41) is 0.201. The van der Waals surface area contributed by atoms with Gasteiger partial charge in [0.25, 0.3) is 0 Å². The number of rotatable bonds is 3. The predicted octanol–water partition coefficient (Wildman–Crippen LogP) is 1.77. The van der Waals surface area contributed by atoms with Gasteiger partial charge >= 0.3 is 6.18 Å². The Morgan fingerprint density at radius 2 is 2.12 bits per heavy atom. The number of halogens is 4. The quantitative estimate of drug-likeness (QED) is 0.568. The largest absolute Gasteiger partial charge is 0.390 e. The summed E-state index contributed by atoms with van der Waals surface area (Å²) in [5.41, 5.74) is 7.63. The van der Waals surface area contributed by atoms with Gasteiger partial charge in [0.1, 0.15) is 5.82 Å². The Balaban J connectivity index is 2.99. The minimum absolute atomic E-state index is 0.0309. The first-order valence-corrected chi connectivity index (χ1v) is 4.65. The van der Waals surface area contributed by atoms with Crippen LogP contribution in [0.4, 0.5) is 19.0 Å². The van der Waals surface area contributed by atoms with Crippen molar-refractivity contribution in [1.29, 1.82) is 0 Å². The molecule has 0 spiro atoms. The summed E-state index contributed by atoms with van der Waals surface area (Å²) >= 11 is 5.62. The Kier molecular flexibility index (Phi) is 3.95. The molecule has 0 saturated heterocycles. The number of anilines is 1. The molecule has 1 atom stereocenters. The van der Waals surface area contributed by atoms with Gasteiger partial charge in [-0.15, -0.1) is 0 Å². The van der Waals surface area contributed by atoms with Crippen LogP contribution in [-0.4, -0.2) is 11.2 Å². The number of alkyl halides is 3. The molecule has 90 valence electrons. The highest BCUT2D eigenvalue weighted by atomic mass is 35.5. The maximum Gasteiger partial charge on any atom is 0.390 e. The first kappa shape index (κ1) is 13.0. The highest BCUT2D eigenvalue weighted by Crippen LogP contribution is 2.31. The molecule has 4 nitrogen and oxygen atoms in total. The third-order valence-electron chi connectivity index (χ3n) is 1.93. The molecular weight excluding hydrogens is 245 g/mol. The molecule has 5 N–H and O–H groups in total. The average molecular weight is 255 g/mol. The van der Waals surface area contributed by atoms with E-state index in [1.165, 1.54) is 12.3 Å². The zero-order valence-corrected chi connectivity index (χ0v) is 8.81. The van der Waals surface area contributed by atoms with Crippen molar-refractivity contribution in [1.82, 2.24) is 10.4 Å². The summed E-state index contributed by atoms with van der Waals surface area (Å²) in [6, 6.07) is 0.145. The maximum absolute atomic E-state index is 12.2. The van der Waals surface area contributed by atoms with Crippen molar-refractivity contribution in [3.63, 3.8) is 0 Å². The molecule has 1 heterocycles. The van der Waals surface area contributed by atoms with Crippen LogP contribution >= 0.6 is 11.6 Å². The number of pyridine rings is 1. The summed E-state index contributed by atoms with van der Waals surface area (Å²) < 4.78 is 36.7. The molecule has 0 saturated carbocycles. The van der Waals surface area contributed by atoms with E-state index in [4.69, 9.17) is 23.2 Å². The highest BCUT2D eigenvalue weighted by molar-refractivity contribution is 6.30. The molecule has 8 heteroatoms. The second-order valence-electron chi connectivity index (χ2n) is 3.17. The number of aromatic nitrogens is 1. The minimum atomic E-state index is -4.36. The molecule has 0 aliphatic carbocycles. The number of hydrazine groups is 1. The van der Waals surface area contributed by atoms with Gasteiger partial charge in [-0.25, -0.2) is 4.98 Å². The fourth-order valence-electron chi connectivity index (χ4n) is 1.23. The van der Waals surface area contributed by atoms with E-state index in [1.54, 1.807) is 0 Å². The van der Waals surface area contributed by atoms with Gasteiger partial charge in [0.15, 0.2) is 0 Å². The van der Waals surface area contributed by atoms with E-state index in [0.29, 0.717) is 0 Å². The van der Waals surface area contributed by atoms with E-state index in [0.717, 1.165) is 0 Å². The lowest BCUT2D eigenvalue weighted by Gasteiger charge is -2.19. The standard InChI is InChI=1S/C8H10ClF3N4/c9-4-1-5(7(13)15-3-4)6(16-14)2-8(10,11)12/h1,3,6,16H,2,14H2,(H2,13,15). The van der Waals surface area contributed by atoms with Crippen LogP contribution in [0.25, 0.3) is 0 Å². The summed E-state index contributed by atoms with van der Waals surface area (Å²) in [7, 11) is 0. The molecule has 0 radical (unpaired) electrons. The average Bonchev–Trinajstić information content (AvgIpc) is 2.17. The Morgan fingerprint density at radius 3 is 2.62 bits per heavy atom. The lowest BCUT2D eigenvalue weighted by Crippen LogP contribution is -2.32. The fourth-order valence-corrected chi connectivity index (χ4v) is 1.40. The lowest BCUT2D eigenvalue weighted by molar-refractivity contribution is -0.140. The molecule has 0 aliphatic rings. The molecule has 1 rings (SSSR count). The molecule has 1 unspecified atom stereocenters. The second kappa shape index (κ2) is 4.86. The minimum Gasteiger partial charge on any atom is -0.383 e. The third-order valence-corrected chi connectivity index (χ3v) is 2.13. The van der Waals surface area contributed by atoms with Gasteiger partial charge in [-0.1, -0.05) is 11.6 Å². The lowest BCUT2D eigenvalue weighted by atomic mass is 10.1. The predicted molar refractivity (Wildman–Crippen MR) is 54.4 cm³/mol. The van der Waals surface area contributed by atoms with Crippen molar-refractivity contribution < 1.29 is 13.2 Å². The fraction of sp³-hybridized carbons (Fsp3) is 0.375. The number of hydrogen-bond donors (Lipinski definition) is 3. The number of nitrogen functional groups attached to an aromatic ring is 1. The van der Waals surface area contributed by atoms with Crippen LogP contribution in [0.5, 0.6) is 0 Å². The first-order chi connectivity index (χ1) is 7.33. The molecule has 1 aromatic rings. The van der Waals surface area contributed by atoms with E-state index >= 15 is 0 Å². The Morgan fingerprint density at radius 1 is 1.50 bits per heavy atom. The normalized spacial score (nSPS) is 13.8. The van der Waals surface area contributed by atoms with Crippen molar-refractivity contribution in [2.45, 2.75) is 18.6 Å². The summed E-state index contributed by atoms with van der Waals surface area (Å²) in [5.74, 6) is 5.02. The van der Waals surface area contributed by atoms with Gasteiger partial charge < -0.3 is 5.73 Å². The van der Waals surface area contributed by atoms with E-state index in [9.17, 15) is 13.2 Å². The number of nitrogens with one attached hydrogen (secondary N) is 1. The van der Waals surface area contributed by atoms with E-state index < -0.39 is 18.6 Å². The molecule has 1 aromatic heterocycles. The van der Waals surface area contributed by atoms with Crippen molar-refractivity contribution in [2.75, 3.05) is 5.73 Å². The van der Waals surface area contributed by atoms with Gasteiger partial charge in [0.05, 0.1) is 17.5 Å². The van der Waals surface area contributed by atoms with Gasteiger partial charge in [0, 0.05) is 11.8 Å². The van der Waals surface area contributed by atoms with Crippen molar-refractivity contribution in [3.8, 4) is 0 Å². The summed E-state index contributed by atoms with van der Waals surface area (Å²) in [6.07, 6.45) is -4.25. The van der Waals surface area contributed by atoms with Crippen LogP contribution in [0.2, 0.25) is 5.02 Å². The summed E-state index contributed by atoms with van der Waals surface area (Å²) in [6.45, 7) is 0. The Bertz CT molecular complexity index is 369. The van der Waals surface area contributed by atoms with Crippen molar-refractivity contribution in [2.24, 2.45) is 5.84 Å². The van der Waals surface area contributed by atoms with Gasteiger partial charge in [0.2, 0.25) is 0 Å². The Labute approximate surface area is 94.7 Å². The van der Waals surface area contributed by atoms with Gasteiger partial charge in [-0.3, -0.25) is 11.3 Å². The van der Waals surface area contributed by atoms with Crippen molar-refractivity contribution in [3.05, 3.63) is 22.8 Å². The van der Waals surface area contributed by atoms with E-state index in [2.05, 4.69) is 4.98 Å². The number of nitrogens with zero attached hydrogens (tertiary/aromatic N) is 1. The zero-order chi connectivity index (χ0) is 12.3. The van der Waals surface area contributed by atoms with Crippen LogP contribution in [0.1, 0.15) is 18.0 Å². The monoisotopic (exact) mass is 254 g/mol. The highest BCUT2D eigenvalue weighted by Gasteiger charge is 2.33. The summed E-state index contributed by atoms with van der Waals surface area (Å²) in [4.78, 5) is 3.66. The molecular formula is C8H10ClF3N4. The molecule has 0 aromatic carbocycles. The molecule has 0 aliphatic heterocycles. The van der Waals surface area contributed by atoms with E-state index in [1.807, 2.05) is 5.43 Å². The van der Waals surface area contributed by atoms with Crippen LogP contribution in [-0.2, 0) is 0 Å². The van der Waals surface area contributed by atoms with Crippen molar-refractivity contribution >= 4 is 17.4 Å². The number of nitrogens with two attached hydrogens (primary N) is 2. The van der Waals surface area contributed by atoms with E-state index in [-0.39, 0.29) is 16.4 Å². The van der Waals surface area contributed by atoms with Crippen LogP contribution in [0.15, 0.2) is 12.3 Å². The first-order valence-electron chi connectivity index (χ1n) is 4.27. The van der Waals surface area contributed by atoms with Crippen LogP contribution in [0.3, 0.4) is 0 Å². The van der Waals surface area contributed by atoms with Gasteiger partial charge in [-0.2, -0.15) is 13.2 Å². The topological polar surface area (TPSA) is 77.0 Å². The Hall–Kier alpha value is -1.05. The van der Waals surface area contributed by atoms with Crippen LogP contribution < -0.4 is 17.0 Å². The van der Waals surface area contributed by atoms with Gasteiger partial charge in [-0.05, 0) is 6.07 Å². The second-order valence-corrected chi connectivity index (χ2v) is 3.60. The number of hydrogen-bond acceptors (Lipinski definition) is 4. The van der Waals surface area contributed by atoms with Crippen LogP contribution in [0, 0.1) is 0 Å². The molecule has 0 fully saturated rings. The molecule has 0 bridgehead atoms. The smallest absolute Gasteiger partial charge is 0.383 e. The SMILES string of the molecule is NNC(CC(F)(F)F)c1cc(Cl)cnc1N. The third kappa shape index (κ3) is 3.51. The molecule has 0 amide bonds. The maximum atomic E-state index is 12.2. The zero-order valence-electron chi connectivity index (χ0n) is 8.05. The molecule has 16 heavy (non-hydrogen) atoms.